The molecule has 0 unspecified atom stereocenters. The van der Waals surface area contributed by atoms with Crippen LogP contribution in [0.15, 0.2) is 58.0 Å². The number of hydrazone groups is 1. The van der Waals surface area contributed by atoms with E-state index in [4.69, 9.17) is 9.15 Å². The lowest BCUT2D eigenvalue weighted by atomic mass is 10.2. The van der Waals surface area contributed by atoms with Crippen molar-refractivity contribution >= 4 is 45.7 Å². The summed E-state index contributed by atoms with van der Waals surface area (Å²) in [5, 5.41) is 4.77. The summed E-state index contributed by atoms with van der Waals surface area (Å²) in [5.41, 5.74) is 3.94. The number of hydrogen-bond acceptors (Lipinski definition) is 4. The number of nitrogens with one attached hydrogen (secondary N) is 1. The highest BCUT2D eigenvalue weighted by Crippen LogP contribution is 2.28. The zero-order valence-electron chi connectivity index (χ0n) is 12.2. The molecule has 3 rings (SSSR count). The van der Waals surface area contributed by atoms with Gasteiger partial charge in [0.05, 0.1) is 13.3 Å². The Bertz CT molecular complexity index is 886. The number of para-hydroxylation sites is 1. The molecule has 6 heteroatoms. The zero-order valence-corrected chi connectivity index (χ0v) is 14.4. The van der Waals surface area contributed by atoms with Crippen molar-refractivity contribution in [2.75, 3.05) is 7.11 Å². The molecule has 0 atom stereocenters. The molecule has 0 aliphatic carbocycles. The summed E-state index contributed by atoms with van der Waals surface area (Å²) in [6.07, 6.45) is 1.60. The standard InChI is InChI=1S/C17H13IN2O3/c1-22-14-8-4-6-11-9-15(23-16(11)14)17(21)20-19-10-12-5-2-3-7-13(12)18/h2-10H,1H3,(H,20,21)/b19-10-. The van der Waals surface area contributed by atoms with Crippen LogP contribution in [-0.2, 0) is 0 Å². The van der Waals surface area contributed by atoms with Crippen LogP contribution in [0.3, 0.4) is 0 Å². The summed E-state index contributed by atoms with van der Waals surface area (Å²) in [4.78, 5) is 12.1. The van der Waals surface area contributed by atoms with E-state index in [0.29, 0.717) is 11.3 Å². The minimum Gasteiger partial charge on any atom is -0.493 e. The Morgan fingerprint density at radius 1 is 1.26 bits per heavy atom. The van der Waals surface area contributed by atoms with Crippen LogP contribution in [0, 0.1) is 3.57 Å². The molecule has 5 nitrogen and oxygen atoms in total. The number of furan rings is 1. The van der Waals surface area contributed by atoms with Gasteiger partial charge in [-0.3, -0.25) is 4.79 Å². The number of carbonyl (C=O) groups is 1. The fourth-order valence-electron chi connectivity index (χ4n) is 2.10. The molecule has 1 heterocycles. The van der Waals surface area contributed by atoms with Crippen LogP contribution in [0.1, 0.15) is 16.1 Å². The van der Waals surface area contributed by atoms with E-state index in [1.807, 2.05) is 36.4 Å². The van der Waals surface area contributed by atoms with Crippen molar-refractivity contribution in [1.82, 2.24) is 5.43 Å². The second-order valence-corrected chi connectivity index (χ2v) is 5.87. The van der Waals surface area contributed by atoms with Gasteiger partial charge in [0.1, 0.15) is 0 Å². The SMILES string of the molecule is COc1cccc2cc(C(=O)N/N=C\c3ccccc3I)oc12. The molecule has 0 aliphatic heterocycles. The molecule has 1 aromatic heterocycles. The Kier molecular flexibility index (Phi) is 4.61. The summed E-state index contributed by atoms with van der Waals surface area (Å²) < 4.78 is 11.8. The van der Waals surface area contributed by atoms with Crippen molar-refractivity contribution in [1.29, 1.82) is 0 Å². The monoisotopic (exact) mass is 420 g/mol. The van der Waals surface area contributed by atoms with Gasteiger partial charge in [-0.1, -0.05) is 30.3 Å². The number of hydrogen-bond donors (Lipinski definition) is 1. The van der Waals surface area contributed by atoms with E-state index in [2.05, 4.69) is 33.1 Å². The van der Waals surface area contributed by atoms with Crippen molar-refractivity contribution in [2.24, 2.45) is 5.10 Å². The maximum atomic E-state index is 12.1. The van der Waals surface area contributed by atoms with Crippen molar-refractivity contribution in [3.63, 3.8) is 0 Å². The normalized spacial score (nSPS) is 11.0. The molecule has 0 fully saturated rings. The van der Waals surface area contributed by atoms with Crippen LogP contribution in [0.5, 0.6) is 5.75 Å². The van der Waals surface area contributed by atoms with Crippen molar-refractivity contribution < 1.29 is 13.9 Å². The molecule has 0 bridgehead atoms. The van der Waals surface area contributed by atoms with E-state index in [0.717, 1.165) is 14.5 Å². The molecule has 0 saturated carbocycles. The molecule has 0 radical (unpaired) electrons. The van der Waals surface area contributed by atoms with E-state index in [1.165, 1.54) is 0 Å². The third kappa shape index (κ3) is 3.37. The van der Waals surface area contributed by atoms with Crippen LogP contribution in [0.4, 0.5) is 0 Å². The summed E-state index contributed by atoms with van der Waals surface area (Å²) in [6, 6.07) is 14.9. The number of benzene rings is 2. The smallest absolute Gasteiger partial charge is 0.307 e. The van der Waals surface area contributed by atoms with E-state index in [-0.39, 0.29) is 5.76 Å². The molecule has 0 saturated heterocycles. The molecule has 1 amide bonds. The van der Waals surface area contributed by atoms with Crippen molar-refractivity contribution in [3.05, 3.63) is 63.4 Å². The molecular weight excluding hydrogens is 407 g/mol. The largest absolute Gasteiger partial charge is 0.493 e. The van der Waals surface area contributed by atoms with E-state index < -0.39 is 5.91 Å². The summed E-state index contributed by atoms with van der Waals surface area (Å²) in [5.74, 6) is 0.360. The second kappa shape index (κ2) is 6.82. The highest BCUT2D eigenvalue weighted by Gasteiger charge is 2.14. The molecule has 2 aromatic carbocycles. The van der Waals surface area contributed by atoms with Crippen LogP contribution in [-0.4, -0.2) is 19.2 Å². The first-order chi connectivity index (χ1) is 11.2. The number of fused-ring (bicyclic) bond motifs is 1. The average Bonchev–Trinajstić information content (AvgIpc) is 3.00. The molecule has 23 heavy (non-hydrogen) atoms. The molecule has 1 N–H and O–H groups in total. The van der Waals surface area contributed by atoms with E-state index >= 15 is 0 Å². The Labute approximate surface area is 146 Å². The van der Waals surface area contributed by atoms with Crippen molar-refractivity contribution in [2.45, 2.75) is 0 Å². The maximum absolute atomic E-state index is 12.1. The van der Waals surface area contributed by atoms with Crippen LogP contribution < -0.4 is 10.2 Å². The third-order valence-corrected chi connectivity index (χ3v) is 4.21. The predicted molar refractivity (Wildman–Crippen MR) is 97.0 cm³/mol. The van der Waals surface area contributed by atoms with Gasteiger partial charge in [0.25, 0.3) is 0 Å². The number of amides is 1. The van der Waals surface area contributed by atoms with Crippen LogP contribution in [0.25, 0.3) is 11.0 Å². The maximum Gasteiger partial charge on any atom is 0.307 e. The number of halogens is 1. The summed E-state index contributed by atoms with van der Waals surface area (Å²) in [7, 11) is 1.56. The fourth-order valence-corrected chi connectivity index (χ4v) is 2.63. The number of nitrogens with zero attached hydrogens (tertiary/aromatic N) is 1. The second-order valence-electron chi connectivity index (χ2n) is 4.71. The minimum absolute atomic E-state index is 0.185. The van der Waals surface area contributed by atoms with Gasteiger partial charge in [0, 0.05) is 14.5 Å². The van der Waals surface area contributed by atoms with E-state index in [1.54, 1.807) is 25.5 Å². The van der Waals surface area contributed by atoms with Crippen molar-refractivity contribution in [3.8, 4) is 5.75 Å². The minimum atomic E-state index is -0.412. The lowest BCUT2D eigenvalue weighted by Gasteiger charge is -1.99. The molecule has 116 valence electrons. The Morgan fingerprint density at radius 3 is 2.87 bits per heavy atom. The summed E-state index contributed by atoms with van der Waals surface area (Å²) in [6.45, 7) is 0. The molecule has 3 aromatic rings. The van der Waals surface area contributed by atoms with Gasteiger partial charge in [-0.15, -0.1) is 0 Å². The average molecular weight is 420 g/mol. The van der Waals surface area contributed by atoms with Gasteiger partial charge < -0.3 is 9.15 Å². The number of rotatable bonds is 4. The first-order valence-corrected chi connectivity index (χ1v) is 7.91. The Balaban J connectivity index is 1.77. The summed E-state index contributed by atoms with van der Waals surface area (Å²) >= 11 is 2.21. The highest BCUT2D eigenvalue weighted by molar-refractivity contribution is 14.1. The highest BCUT2D eigenvalue weighted by atomic mass is 127. The topological polar surface area (TPSA) is 63.8 Å². The first-order valence-electron chi connectivity index (χ1n) is 6.83. The van der Waals surface area contributed by atoms with Gasteiger partial charge in [-0.2, -0.15) is 5.10 Å². The van der Waals surface area contributed by atoms with Gasteiger partial charge in [0.2, 0.25) is 0 Å². The van der Waals surface area contributed by atoms with Gasteiger partial charge >= 0.3 is 5.91 Å². The molecular formula is C17H13IN2O3. The first kappa shape index (κ1) is 15.5. The van der Waals surface area contributed by atoms with Gasteiger partial charge in [-0.25, -0.2) is 5.43 Å². The molecule has 0 spiro atoms. The third-order valence-electron chi connectivity index (χ3n) is 3.23. The van der Waals surface area contributed by atoms with E-state index in [9.17, 15) is 4.79 Å². The lowest BCUT2D eigenvalue weighted by molar-refractivity contribution is 0.0929. The Hall–Kier alpha value is -2.35. The van der Waals surface area contributed by atoms with Crippen LogP contribution in [0.2, 0.25) is 0 Å². The predicted octanol–water partition coefficient (Wildman–Crippen LogP) is 3.81. The fraction of sp³-hybridized carbons (Fsp3) is 0.0588. The van der Waals surface area contributed by atoms with Gasteiger partial charge in [-0.05, 0) is 40.8 Å². The van der Waals surface area contributed by atoms with Crippen LogP contribution >= 0.6 is 22.6 Å². The Morgan fingerprint density at radius 2 is 2.09 bits per heavy atom. The molecule has 0 aliphatic rings. The lowest BCUT2D eigenvalue weighted by Crippen LogP contribution is -2.16. The quantitative estimate of drug-likeness (QED) is 0.397. The zero-order chi connectivity index (χ0) is 16.2. The number of methoxy groups -OCH3 is 1. The number of ether oxygens (including phenoxy) is 1. The number of carbonyl (C=O) groups excluding carboxylic acids is 1. The van der Waals surface area contributed by atoms with Gasteiger partial charge in [0.15, 0.2) is 17.1 Å².